The molecular formula is C17H19NO4. The van der Waals surface area contributed by atoms with E-state index < -0.39 is 12.0 Å². The molecule has 2 aromatic rings. The molecule has 0 aliphatic heterocycles. The van der Waals surface area contributed by atoms with Crippen LogP contribution in [0.15, 0.2) is 48.5 Å². The van der Waals surface area contributed by atoms with Gasteiger partial charge in [0.05, 0.1) is 14.2 Å². The molecule has 116 valence electrons. The first-order valence-electron chi connectivity index (χ1n) is 6.83. The second kappa shape index (κ2) is 7.47. The molecule has 0 aliphatic carbocycles. The minimum absolute atomic E-state index is 0.418. The summed E-state index contributed by atoms with van der Waals surface area (Å²) in [4.78, 5) is 11.6. The summed E-state index contributed by atoms with van der Waals surface area (Å²) in [5, 5.41) is 0. The largest absolute Gasteiger partial charge is 0.497 e. The molecule has 0 aromatic heterocycles. The topological polar surface area (TPSA) is 70.8 Å². The van der Waals surface area contributed by atoms with E-state index in [2.05, 4.69) is 4.74 Å². The van der Waals surface area contributed by atoms with Crippen LogP contribution >= 0.6 is 0 Å². The van der Waals surface area contributed by atoms with Gasteiger partial charge in [-0.05, 0) is 23.3 Å². The maximum absolute atomic E-state index is 11.6. The van der Waals surface area contributed by atoms with Crippen molar-refractivity contribution in [2.45, 2.75) is 12.6 Å². The van der Waals surface area contributed by atoms with Crippen LogP contribution in [0.5, 0.6) is 11.5 Å². The average molecular weight is 301 g/mol. The van der Waals surface area contributed by atoms with Crippen LogP contribution in [-0.4, -0.2) is 20.2 Å². The fourth-order valence-electron chi connectivity index (χ4n) is 1.98. The number of benzene rings is 2. The van der Waals surface area contributed by atoms with E-state index in [0.717, 1.165) is 5.56 Å². The SMILES string of the molecule is COC(=O)[C@@H](N)c1cc(OC)cc(OCc2ccccc2)c1. The van der Waals surface area contributed by atoms with Crippen molar-refractivity contribution in [1.29, 1.82) is 0 Å². The summed E-state index contributed by atoms with van der Waals surface area (Å²) in [6, 6.07) is 14.1. The van der Waals surface area contributed by atoms with Gasteiger partial charge in [0.25, 0.3) is 0 Å². The molecule has 0 radical (unpaired) electrons. The van der Waals surface area contributed by atoms with E-state index in [0.29, 0.717) is 23.7 Å². The zero-order chi connectivity index (χ0) is 15.9. The number of hydrogen-bond donors (Lipinski definition) is 1. The second-order valence-corrected chi connectivity index (χ2v) is 4.72. The minimum Gasteiger partial charge on any atom is -0.497 e. The Morgan fingerprint density at radius 1 is 1.09 bits per heavy atom. The molecule has 1 atom stereocenters. The first-order valence-corrected chi connectivity index (χ1v) is 6.83. The number of rotatable bonds is 6. The van der Waals surface area contributed by atoms with Crippen molar-refractivity contribution < 1.29 is 19.0 Å². The summed E-state index contributed by atoms with van der Waals surface area (Å²) < 4.78 is 15.6. The molecule has 2 aromatic carbocycles. The quantitative estimate of drug-likeness (QED) is 0.830. The predicted octanol–water partition coefficient (Wildman–Crippen LogP) is 2.45. The summed E-state index contributed by atoms with van der Waals surface area (Å²) in [5.74, 6) is 0.639. The van der Waals surface area contributed by atoms with Crippen molar-refractivity contribution in [3.63, 3.8) is 0 Å². The van der Waals surface area contributed by atoms with Gasteiger partial charge in [0.2, 0.25) is 0 Å². The van der Waals surface area contributed by atoms with Gasteiger partial charge < -0.3 is 19.9 Å². The monoisotopic (exact) mass is 301 g/mol. The van der Waals surface area contributed by atoms with Crippen LogP contribution in [0, 0.1) is 0 Å². The lowest BCUT2D eigenvalue weighted by Crippen LogP contribution is -2.22. The predicted molar refractivity (Wildman–Crippen MR) is 82.7 cm³/mol. The molecule has 0 heterocycles. The van der Waals surface area contributed by atoms with Crippen molar-refractivity contribution in [1.82, 2.24) is 0 Å². The zero-order valence-electron chi connectivity index (χ0n) is 12.6. The Labute approximate surface area is 129 Å². The molecule has 0 bridgehead atoms. The highest BCUT2D eigenvalue weighted by atomic mass is 16.5. The summed E-state index contributed by atoms with van der Waals surface area (Å²) >= 11 is 0. The molecule has 5 heteroatoms. The zero-order valence-corrected chi connectivity index (χ0v) is 12.6. The van der Waals surface area contributed by atoms with Crippen molar-refractivity contribution in [2.75, 3.05) is 14.2 Å². The van der Waals surface area contributed by atoms with Crippen LogP contribution in [0.25, 0.3) is 0 Å². The fourth-order valence-corrected chi connectivity index (χ4v) is 1.98. The van der Waals surface area contributed by atoms with E-state index >= 15 is 0 Å². The van der Waals surface area contributed by atoms with Crippen LogP contribution in [-0.2, 0) is 16.1 Å². The van der Waals surface area contributed by atoms with E-state index in [-0.39, 0.29) is 0 Å². The van der Waals surface area contributed by atoms with Gasteiger partial charge in [0.1, 0.15) is 24.1 Å². The van der Waals surface area contributed by atoms with Gasteiger partial charge in [-0.25, -0.2) is 0 Å². The Hall–Kier alpha value is -2.53. The molecule has 2 N–H and O–H groups in total. The van der Waals surface area contributed by atoms with E-state index in [9.17, 15) is 4.79 Å². The van der Waals surface area contributed by atoms with Gasteiger partial charge >= 0.3 is 5.97 Å². The minimum atomic E-state index is -0.876. The number of esters is 1. The van der Waals surface area contributed by atoms with E-state index in [1.165, 1.54) is 7.11 Å². The Morgan fingerprint density at radius 2 is 1.77 bits per heavy atom. The smallest absolute Gasteiger partial charge is 0.327 e. The van der Waals surface area contributed by atoms with Gasteiger partial charge in [-0.3, -0.25) is 4.79 Å². The van der Waals surface area contributed by atoms with E-state index in [1.54, 1.807) is 25.3 Å². The Morgan fingerprint density at radius 3 is 2.41 bits per heavy atom. The van der Waals surface area contributed by atoms with Gasteiger partial charge in [-0.15, -0.1) is 0 Å². The fraction of sp³-hybridized carbons (Fsp3) is 0.235. The molecule has 22 heavy (non-hydrogen) atoms. The number of ether oxygens (including phenoxy) is 3. The lowest BCUT2D eigenvalue weighted by atomic mass is 10.1. The third-order valence-electron chi connectivity index (χ3n) is 3.20. The van der Waals surface area contributed by atoms with Crippen LogP contribution < -0.4 is 15.2 Å². The Bertz CT molecular complexity index is 628. The molecular weight excluding hydrogens is 282 g/mol. The molecule has 0 fully saturated rings. The van der Waals surface area contributed by atoms with Crippen molar-refractivity contribution in [2.24, 2.45) is 5.73 Å². The normalized spacial score (nSPS) is 11.6. The molecule has 0 amide bonds. The lowest BCUT2D eigenvalue weighted by Gasteiger charge is -2.14. The summed E-state index contributed by atoms with van der Waals surface area (Å²) in [5.41, 5.74) is 7.49. The number of methoxy groups -OCH3 is 2. The van der Waals surface area contributed by atoms with Crippen molar-refractivity contribution >= 4 is 5.97 Å². The number of hydrogen-bond acceptors (Lipinski definition) is 5. The first-order chi connectivity index (χ1) is 10.6. The highest BCUT2D eigenvalue weighted by Crippen LogP contribution is 2.27. The van der Waals surface area contributed by atoms with Crippen molar-refractivity contribution in [3.8, 4) is 11.5 Å². The standard InChI is InChI=1S/C17H19NO4/c1-20-14-8-13(16(18)17(19)21-2)9-15(10-14)22-11-12-6-4-3-5-7-12/h3-10,16H,11,18H2,1-2H3/t16-/m0/s1. The number of carbonyl (C=O) groups excluding carboxylic acids is 1. The molecule has 5 nitrogen and oxygen atoms in total. The second-order valence-electron chi connectivity index (χ2n) is 4.72. The maximum Gasteiger partial charge on any atom is 0.327 e. The van der Waals surface area contributed by atoms with Gasteiger partial charge in [0.15, 0.2) is 0 Å². The summed E-state index contributed by atoms with van der Waals surface area (Å²) in [6.07, 6.45) is 0. The number of carbonyl (C=O) groups is 1. The number of nitrogens with two attached hydrogens (primary N) is 1. The average Bonchev–Trinajstić information content (AvgIpc) is 2.59. The molecule has 0 spiro atoms. The Balaban J connectivity index is 2.18. The maximum atomic E-state index is 11.6. The molecule has 0 saturated carbocycles. The van der Waals surface area contributed by atoms with E-state index in [1.807, 2.05) is 30.3 Å². The van der Waals surface area contributed by atoms with Crippen LogP contribution in [0.3, 0.4) is 0 Å². The third-order valence-corrected chi connectivity index (χ3v) is 3.20. The van der Waals surface area contributed by atoms with Gasteiger partial charge in [0, 0.05) is 6.07 Å². The molecule has 0 saturated heterocycles. The van der Waals surface area contributed by atoms with E-state index in [4.69, 9.17) is 15.2 Å². The molecule has 0 aliphatic rings. The summed E-state index contributed by atoms with van der Waals surface area (Å²) in [7, 11) is 2.85. The van der Waals surface area contributed by atoms with Gasteiger partial charge in [-0.2, -0.15) is 0 Å². The summed E-state index contributed by atoms with van der Waals surface area (Å²) in [6.45, 7) is 0.418. The lowest BCUT2D eigenvalue weighted by molar-refractivity contribution is -0.142. The molecule has 0 unspecified atom stereocenters. The van der Waals surface area contributed by atoms with Crippen molar-refractivity contribution in [3.05, 3.63) is 59.7 Å². The highest BCUT2D eigenvalue weighted by Gasteiger charge is 2.18. The van der Waals surface area contributed by atoms with Gasteiger partial charge in [-0.1, -0.05) is 30.3 Å². The highest BCUT2D eigenvalue weighted by molar-refractivity contribution is 5.77. The Kier molecular flexibility index (Phi) is 5.38. The van der Waals surface area contributed by atoms with Crippen LogP contribution in [0.4, 0.5) is 0 Å². The van der Waals surface area contributed by atoms with Crippen LogP contribution in [0.1, 0.15) is 17.2 Å². The molecule has 2 rings (SSSR count). The first kappa shape index (κ1) is 15.9. The third kappa shape index (κ3) is 3.99. The van der Waals surface area contributed by atoms with Crippen LogP contribution in [0.2, 0.25) is 0 Å².